The van der Waals surface area contributed by atoms with E-state index < -0.39 is 10.0 Å². The van der Waals surface area contributed by atoms with Crippen LogP contribution in [-0.4, -0.2) is 31.7 Å². The average molecular weight is 398 g/mol. The van der Waals surface area contributed by atoms with E-state index in [1.54, 1.807) is 36.4 Å². The van der Waals surface area contributed by atoms with Crippen molar-refractivity contribution in [1.82, 2.24) is 4.31 Å². The standard InChI is InChI=1S/C21H23N3O3S/c22-13-12-17-8-10-19(11-9-17)23-21(25)18-6-5-7-20(16-18)28(26,27)24-14-3-1-2-4-15-24/h5-11,16H,1-4,12,14-15H2,(H,23,25). The zero-order valence-electron chi connectivity index (χ0n) is 15.6. The number of benzene rings is 2. The molecule has 1 amide bonds. The summed E-state index contributed by atoms with van der Waals surface area (Å²) < 4.78 is 27.4. The number of nitrogens with zero attached hydrogens (tertiary/aromatic N) is 2. The van der Waals surface area contributed by atoms with E-state index in [9.17, 15) is 13.2 Å². The molecule has 2 aromatic carbocycles. The zero-order chi connectivity index (χ0) is 20.0. The van der Waals surface area contributed by atoms with Gasteiger partial charge in [0.05, 0.1) is 17.4 Å². The van der Waals surface area contributed by atoms with Gasteiger partial charge in [0.1, 0.15) is 0 Å². The number of hydrogen-bond acceptors (Lipinski definition) is 4. The quantitative estimate of drug-likeness (QED) is 0.835. The molecule has 0 aromatic heterocycles. The molecule has 28 heavy (non-hydrogen) atoms. The molecule has 0 unspecified atom stereocenters. The molecule has 0 aliphatic carbocycles. The highest BCUT2D eigenvalue weighted by atomic mass is 32.2. The summed E-state index contributed by atoms with van der Waals surface area (Å²) in [5.74, 6) is -0.374. The van der Waals surface area contributed by atoms with E-state index in [0.29, 0.717) is 25.2 Å². The van der Waals surface area contributed by atoms with Crippen molar-refractivity contribution in [3.05, 3.63) is 59.7 Å². The molecule has 1 heterocycles. The maximum Gasteiger partial charge on any atom is 0.255 e. The summed E-state index contributed by atoms with van der Waals surface area (Å²) in [5.41, 5.74) is 1.75. The van der Waals surface area contributed by atoms with Gasteiger partial charge in [-0.2, -0.15) is 9.57 Å². The fraction of sp³-hybridized carbons (Fsp3) is 0.333. The van der Waals surface area contributed by atoms with Gasteiger partial charge in [-0.25, -0.2) is 8.42 Å². The first-order chi connectivity index (χ1) is 13.5. The summed E-state index contributed by atoms with van der Waals surface area (Å²) in [4.78, 5) is 12.7. The van der Waals surface area contributed by atoms with Crippen LogP contribution in [-0.2, 0) is 16.4 Å². The van der Waals surface area contributed by atoms with Crippen molar-refractivity contribution in [1.29, 1.82) is 5.26 Å². The highest BCUT2D eigenvalue weighted by Gasteiger charge is 2.25. The van der Waals surface area contributed by atoms with Crippen LogP contribution in [0.15, 0.2) is 53.4 Å². The molecule has 1 saturated heterocycles. The SMILES string of the molecule is N#CCc1ccc(NC(=O)c2cccc(S(=O)(=O)N3CCCCCC3)c2)cc1. The molecular weight excluding hydrogens is 374 g/mol. The largest absolute Gasteiger partial charge is 0.322 e. The second-order valence-corrected chi connectivity index (χ2v) is 8.77. The minimum Gasteiger partial charge on any atom is -0.322 e. The summed E-state index contributed by atoms with van der Waals surface area (Å²) in [6.07, 6.45) is 4.12. The van der Waals surface area contributed by atoms with Gasteiger partial charge in [0.25, 0.3) is 5.91 Å². The Morgan fingerprint density at radius 2 is 1.71 bits per heavy atom. The van der Waals surface area contributed by atoms with E-state index in [4.69, 9.17) is 5.26 Å². The van der Waals surface area contributed by atoms with E-state index in [0.717, 1.165) is 31.2 Å². The Labute approximate surface area is 165 Å². The van der Waals surface area contributed by atoms with Crippen LogP contribution >= 0.6 is 0 Å². The number of nitrogens with one attached hydrogen (secondary N) is 1. The third-order valence-corrected chi connectivity index (χ3v) is 6.69. The van der Waals surface area contributed by atoms with E-state index in [1.165, 1.54) is 16.4 Å². The van der Waals surface area contributed by atoms with Crippen molar-refractivity contribution in [3.8, 4) is 6.07 Å². The zero-order valence-corrected chi connectivity index (χ0v) is 16.4. The number of amides is 1. The molecule has 146 valence electrons. The lowest BCUT2D eigenvalue weighted by molar-refractivity contribution is 0.102. The minimum absolute atomic E-state index is 0.145. The Kier molecular flexibility index (Phi) is 6.45. The molecule has 0 saturated carbocycles. The number of rotatable bonds is 5. The fourth-order valence-corrected chi connectivity index (χ4v) is 4.79. The molecule has 2 aromatic rings. The predicted molar refractivity (Wildman–Crippen MR) is 107 cm³/mol. The molecule has 1 N–H and O–H groups in total. The second-order valence-electron chi connectivity index (χ2n) is 6.83. The van der Waals surface area contributed by atoms with Crippen molar-refractivity contribution < 1.29 is 13.2 Å². The summed E-state index contributed by atoms with van der Waals surface area (Å²) >= 11 is 0. The Bertz CT molecular complexity index is 971. The monoisotopic (exact) mass is 397 g/mol. The first-order valence-corrected chi connectivity index (χ1v) is 10.8. The molecule has 0 bridgehead atoms. The number of nitriles is 1. The highest BCUT2D eigenvalue weighted by Crippen LogP contribution is 2.21. The molecule has 7 heteroatoms. The number of carbonyl (C=O) groups is 1. The predicted octanol–water partition coefficient (Wildman–Crippen LogP) is 3.57. The maximum absolute atomic E-state index is 12.9. The minimum atomic E-state index is -3.60. The van der Waals surface area contributed by atoms with Crippen molar-refractivity contribution in [2.24, 2.45) is 0 Å². The molecule has 6 nitrogen and oxygen atoms in total. The average Bonchev–Trinajstić information content (AvgIpc) is 3.00. The number of sulfonamides is 1. The molecule has 0 radical (unpaired) electrons. The smallest absolute Gasteiger partial charge is 0.255 e. The Hall–Kier alpha value is -2.69. The van der Waals surface area contributed by atoms with Gasteiger partial charge in [0, 0.05) is 24.3 Å². The molecule has 1 aliphatic heterocycles. The van der Waals surface area contributed by atoms with E-state index >= 15 is 0 Å². The first-order valence-electron chi connectivity index (χ1n) is 9.38. The highest BCUT2D eigenvalue weighted by molar-refractivity contribution is 7.89. The van der Waals surface area contributed by atoms with E-state index in [2.05, 4.69) is 11.4 Å². The van der Waals surface area contributed by atoms with Crippen LogP contribution in [0.5, 0.6) is 0 Å². The van der Waals surface area contributed by atoms with Gasteiger partial charge in [0.2, 0.25) is 10.0 Å². The fourth-order valence-electron chi connectivity index (χ4n) is 3.23. The normalized spacial score (nSPS) is 15.4. The molecule has 0 atom stereocenters. The van der Waals surface area contributed by atoms with Crippen molar-refractivity contribution in [2.75, 3.05) is 18.4 Å². The molecule has 1 aliphatic rings. The maximum atomic E-state index is 12.9. The molecule has 0 spiro atoms. The second kappa shape index (κ2) is 9.00. The summed E-state index contributed by atoms with van der Waals surface area (Å²) in [5, 5.41) is 11.5. The van der Waals surface area contributed by atoms with Crippen LogP contribution < -0.4 is 5.32 Å². The van der Waals surface area contributed by atoms with E-state index in [-0.39, 0.29) is 16.4 Å². The van der Waals surface area contributed by atoms with Crippen LogP contribution in [0.2, 0.25) is 0 Å². The van der Waals surface area contributed by atoms with Gasteiger partial charge in [-0.1, -0.05) is 31.0 Å². The van der Waals surface area contributed by atoms with Crippen LogP contribution in [0.3, 0.4) is 0 Å². The Morgan fingerprint density at radius 3 is 2.36 bits per heavy atom. The van der Waals surface area contributed by atoms with Crippen molar-refractivity contribution in [2.45, 2.75) is 37.0 Å². The van der Waals surface area contributed by atoms with Gasteiger partial charge < -0.3 is 5.32 Å². The number of anilines is 1. The summed E-state index contributed by atoms with van der Waals surface area (Å²) in [6, 6.07) is 15.2. The lowest BCUT2D eigenvalue weighted by atomic mass is 10.1. The van der Waals surface area contributed by atoms with Crippen LogP contribution in [0.1, 0.15) is 41.6 Å². The van der Waals surface area contributed by atoms with Crippen molar-refractivity contribution >= 4 is 21.6 Å². The topological polar surface area (TPSA) is 90.3 Å². The van der Waals surface area contributed by atoms with Gasteiger partial charge in [-0.15, -0.1) is 0 Å². The Balaban J connectivity index is 1.76. The van der Waals surface area contributed by atoms with E-state index in [1.807, 2.05) is 0 Å². The van der Waals surface area contributed by atoms with Gasteiger partial charge in [-0.3, -0.25) is 4.79 Å². The van der Waals surface area contributed by atoms with Gasteiger partial charge >= 0.3 is 0 Å². The third-order valence-electron chi connectivity index (χ3n) is 4.79. The van der Waals surface area contributed by atoms with Gasteiger partial charge in [0.15, 0.2) is 0 Å². The van der Waals surface area contributed by atoms with Gasteiger partial charge in [-0.05, 0) is 48.7 Å². The number of hydrogen-bond donors (Lipinski definition) is 1. The summed E-state index contributed by atoms with van der Waals surface area (Å²) in [6.45, 7) is 1.04. The van der Waals surface area contributed by atoms with Crippen LogP contribution in [0.4, 0.5) is 5.69 Å². The summed E-state index contributed by atoms with van der Waals surface area (Å²) in [7, 11) is -3.60. The lowest BCUT2D eigenvalue weighted by Gasteiger charge is -2.20. The molecule has 1 fully saturated rings. The Morgan fingerprint density at radius 1 is 1.04 bits per heavy atom. The number of carbonyl (C=O) groups excluding carboxylic acids is 1. The lowest BCUT2D eigenvalue weighted by Crippen LogP contribution is -2.32. The third kappa shape index (κ3) is 4.77. The molecular formula is C21H23N3O3S. The van der Waals surface area contributed by atoms with Crippen LogP contribution in [0, 0.1) is 11.3 Å². The first kappa shape index (κ1) is 20.1. The molecule has 3 rings (SSSR count). The van der Waals surface area contributed by atoms with Crippen LogP contribution in [0.25, 0.3) is 0 Å². The van der Waals surface area contributed by atoms with Crippen molar-refractivity contribution in [3.63, 3.8) is 0 Å².